The molecule has 6 heteroatoms. The molecule has 1 N–H and O–H groups in total. The van der Waals surface area contributed by atoms with E-state index in [1.165, 1.54) is 12.0 Å². The van der Waals surface area contributed by atoms with Crippen LogP contribution in [0.4, 0.5) is 0 Å². The van der Waals surface area contributed by atoms with Gasteiger partial charge in [0.2, 0.25) is 0 Å². The van der Waals surface area contributed by atoms with E-state index in [4.69, 9.17) is 0 Å². The summed E-state index contributed by atoms with van der Waals surface area (Å²) in [6.07, 6.45) is 1.19. The Morgan fingerprint density at radius 1 is 1.11 bits per heavy atom. The summed E-state index contributed by atoms with van der Waals surface area (Å²) in [6, 6.07) is 11.5. The third-order valence-electron chi connectivity index (χ3n) is 6.12. The van der Waals surface area contributed by atoms with Crippen LogP contribution in [0.15, 0.2) is 35.3 Å². The number of hydrogen-bond acceptors (Lipinski definition) is 3. The fourth-order valence-electron chi connectivity index (χ4n) is 4.40. The number of hydrogen-bond donors (Lipinski definition) is 1. The van der Waals surface area contributed by atoms with E-state index in [2.05, 4.69) is 76.4 Å². The van der Waals surface area contributed by atoms with Gasteiger partial charge in [0.15, 0.2) is 5.96 Å². The number of aliphatic imine (C=N–C) groups is 1. The first kappa shape index (κ1) is 22.4. The highest BCUT2D eigenvalue weighted by atomic mass is 127. The van der Waals surface area contributed by atoms with Crippen LogP contribution in [0.2, 0.25) is 0 Å². The topological polar surface area (TPSA) is 34.1 Å². The summed E-state index contributed by atoms with van der Waals surface area (Å²) in [4.78, 5) is 11.9. The highest BCUT2D eigenvalue weighted by Gasteiger charge is 2.29. The lowest BCUT2D eigenvalue weighted by Gasteiger charge is -2.41. The molecule has 3 unspecified atom stereocenters. The molecule has 3 rings (SSSR count). The summed E-state index contributed by atoms with van der Waals surface area (Å²) in [5, 5.41) is 3.64. The van der Waals surface area contributed by atoms with Crippen LogP contribution in [0.25, 0.3) is 0 Å². The van der Waals surface area contributed by atoms with Crippen molar-refractivity contribution in [3.8, 4) is 0 Å². The minimum Gasteiger partial charge on any atom is -0.355 e. The standard InChI is InChI=1S/C21H35N5.HI/c1-17-15-26(11-10-20(17)18-8-6-5-7-9-18)21(22-2)23-14-19-16-24(3)12-13-25(19)4;/h5-9,17,19-20H,10-16H2,1-4H3,(H,22,23);1H. The SMILES string of the molecule is CN=C(NCC1CN(C)CCN1C)N1CCC(c2ccccc2)C(C)C1.I. The molecule has 2 aliphatic heterocycles. The number of benzene rings is 1. The molecule has 152 valence electrons. The minimum atomic E-state index is 0. The van der Waals surface area contributed by atoms with Crippen molar-refractivity contribution < 1.29 is 0 Å². The Bertz CT molecular complexity index is 593. The first-order chi connectivity index (χ1) is 12.6. The lowest BCUT2D eigenvalue weighted by molar-refractivity contribution is 0.115. The molecular weight excluding hydrogens is 449 g/mol. The van der Waals surface area contributed by atoms with E-state index < -0.39 is 0 Å². The number of likely N-dealkylation sites (N-methyl/N-ethyl adjacent to an activating group) is 2. The molecule has 5 nitrogen and oxygen atoms in total. The van der Waals surface area contributed by atoms with Crippen LogP contribution >= 0.6 is 24.0 Å². The fraction of sp³-hybridized carbons (Fsp3) is 0.667. The van der Waals surface area contributed by atoms with Crippen LogP contribution in [-0.4, -0.2) is 87.1 Å². The van der Waals surface area contributed by atoms with E-state index in [0.717, 1.165) is 45.2 Å². The molecular formula is C21H36IN5. The van der Waals surface area contributed by atoms with Gasteiger partial charge in [-0.25, -0.2) is 0 Å². The first-order valence-electron chi connectivity index (χ1n) is 9.97. The lowest BCUT2D eigenvalue weighted by atomic mass is 9.82. The molecule has 0 spiro atoms. The highest BCUT2D eigenvalue weighted by molar-refractivity contribution is 14.0. The Morgan fingerprint density at radius 3 is 2.52 bits per heavy atom. The molecule has 0 amide bonds. The number of nitrogens with one attached hydrogen (secondary N) is 1. The summed E-state index contributed by atoms with van der Waals surface area (Å²) in [6.45, 7) is 8.89. The summed E-state index contributed by atoms with van der Waals surface area (Å²) in [5.41, 5.74) is 1.48. The van der Waals surface area contributed by atoms with Crippen molar-refractivity contribution in [1.82, 2.24) is 20.0 Å². The molecule has 2 heterocycles. The minimum absolute atomic E-state index is 0. The zero-order valence-corrected chi connectivity index (χ0v) is 19.6. The number of nitrogens with zero attached hydrogens (tertiary/aromatic N) is 4. The first-order valence-corrected chi connectivity index (χ1v) is 9.97. The molecule has 0 saturated carbocycles. The zero-order valence-electron chi connectivity index (χ0n) is 17.3. The fourth-order valence-corrected chi connectivity index (χ4v) is 4.40. The smallest absolute Gasteiger partial charge is 0.193 e. The molecule has 2 saturated heterocycles. The van der Waals surface area contributed by atoms with Crippen molar-refractivity contribution >= 4 is 29.9 Å². The number of piperazine rings is 1. The largest absolute Gasteiger partial charge is 0.355 e. The van der Waals surface area contributed by atoms with Crippen LogP contribution in [0.5, 0.6) is 0 Å². The summed E-state index contributed by atoms with van der Waals surface area (Å²) in [5.74, 6) is 2.35. The van der Waals surface area contributed by atoms with E-state index in [9.17, 15) is 0 Å². The van der Waals surface area contributed by atoms with Crippen molar-refractivity contribution in [2.75, 3.05) is 60.4 Å². The third kappa shape index (κ3) is 5.81. The second-order valence-corrected chi connectivity index (χ2v) is 8.05. The average Bonchev–Trinajstić information content (AvgIpc) is 2.66. The number of piperidine rings is 1. The molecule has 0 aliphatic carbocycles. The second kappa shape index (κ2) is 10.6. The van der Waals surface area contributed by atoms with E-state index >= 15 is 0 Å². The van der Waals surface area contributed by atoms with Crippen LogP contribution in [0, 0.1) is 5.92 Å². The normalized spacial score (nSPS) is 27.9. The van der Waals surface area contributed by atoms with Crippen molar-refractivity contribution in [2.24, 2.45) is 10.9 Å². The van der Waals surface area contributed by atoms with Gasteiger partial charge in [0.1, 0.15) is 0 Å². The Labute approximate surface area is 182 Å². The van der Waals surface area contributed by atoms with Gasteiger partial charge >= 0.3 is 0 Å². The van der Waals surface area contributed by atoms with Crippen molar-refractivity contribution in [3.05, 3.63) is 35.9 Å². The van der Waals surface area contributed by atoms with Crippen molar-refractivity contribution in [2.45, 2.75) is 25.3 Å². The number of guanidine groups is 1. The van der Waals surface area contributed by atoms with Gasteiger partial charge in [-0.1, -0.05) is 37.3 Å². The maximum atomic E-state index is 4.57. The molecule has 2 fully saturated rings. The van der Waals surface area contributed by atoms with Crippen LogP contribution in [-0.2, 0) is 0 Å². The van der Waals surface area contributed by atoms with Gasteiger partial charge in [-0.2, -0.15) is 0 Å². The maximum Gasteiger partial charge on any atom is 0.193 e. The third-order valence-corrected chi connectivity index (χ3v) is 6.12. The lowest BCUT2D eigenvalue weighted by Crippen LogP contribution is -2.56. The Kier molecular flexibility index (Phi) is 8.82. The molecule has 1 aromatic carbocycles. The van der Waals surface area contributed by atoms with Gasteiger partial charge < -0.3 is 15.1 Å². The molecule has 1 aromatic rings. The zero-order chi connectivity index (χ0) is 18.5. The van der Waals surface area contributed by atoms with Gasteiger partial charge in [0.25, 0.3) is 0 Å². The Morgan fingerprint density at radius 2 is 1.85 bits per heavy atom. The summed E-state index contributed by atoms with van der Waals surface area (Å²) in [7, 11) is 6.35. The highest BCUT2D eigenvalue weighted by Crippen LogP contribution is 2.32. The number of rotatable bonds is 3. The van der Waals surface area contributed by atoms with Crippen LogP contribution in [0.1, 0.15) is 24.8 Å². The Hall–Kier alpha value is -0.860. The van der Waals surface area contributed by atoms with Crippen LogP contribution < -0.4 is 5.32 Å². The molecule has 3 atom stereocenters. The monoisotopic (exact) mass is 485 g/mol. The Balaban J connectivity index is 0.00000261. The van der Waals surface area contributed by atoms with Gasteiger partial charge in [-0.05, 0) is 37.9 Å². The quantitative estimate of drug-likeness (QED) is 0.406. The maximum absolute atomic E-state index is 4.57. The van der Waals surface area contributed by atoms with Gasteiger partial charge in [-0.15, -0.1) is 24.0 Å². The number of halogens is 1. The molecule has 2 aliphatic rings. The van der Waals surface area contributed by atoms with E-state index in [1.807, 2.05) is 7.05 Å². The predicted molar refractivity (Wildman–Crippen MR) is 125 cm³/mol. The van der Waals surface area contributed by atoms with Crippen LogP contribution in [0.3, 0.4) is 0 Å². The summed E-state index contributed by atoms with van der Waals surface area (Å²) < 4.78 is 0. The van der Waals surface area contributed by atoms with E-state index in [1.54, 1.807) is 0 Å². The molecule has 0 aromatic heterocycles. The second-order valence-electron chi connectivity index (χ2n) is 8.05. The predicted octanol–water partition coefficient (Wildman–Crippen LogP) is 2.55. The molecule has 0 radical (unpaired) electrons. The molecule has 0 bridgehead atoms. The van der Waals surface area contributed by atoms with Crippen molar-refractivity contribution in [1.29, 1.82) is 0 Å². The van der Waals surface area contributed by atoms with Crippen molar-refractivity contribution in [3.63, 3.8) is 0 Å². The average molecular weight is 485 g/mol. The van der Waals surface area contributed by atoms with Gasteiger partial charge in [0, 0.05) is 52.4 Å². The van der Waals surface area contributed by atoms with Gasteiger partial charge in [0.05, 0.1) is 0 Å². The van der Waals surface area contributed by atoms with E-state index in [-0.39, 0.29) is 24.0 Å². The van der Waals surface area contributed by atoms with E-state index in [0.29, 0.717) is 17.9 Å². The number of likely N-dealkylation sites (tertiary alicyclic amines) is 1. The summed E-state index contributed by atoms with van der Waals surface area (Å²) >= 11 is 0. The molecule has 27 heavy (non-hydrogen) atoms. The van der Waals surface area contributed by atoms with Gasteiger partial charge in [-0.3, -0.25) is 9.89 Å².